The molecule has 8 heteroatoms. The van der Waals surface area contributed by atoms with Crippen molar-refractivity contribution in [2.24, 2.45) is 4.99 Å². The fourth-order valence-electron chi connectivity index (χ4n) is 2.74. The molecule has 1 saturated heterocycles. The Morgan fingerprint density at radius 3 is 2.75 bits per heavy atom. The average Bonchev–Trinajstić information content (AvgIpc) is 3.29. The number of hydrogen-bond acceptors (Lipinski definition) is 7. The Bertz CT molecular complexity index is 1060. The molecule has 28 heavy (non-hydrogen) atoms. The molecule has 1 atom stereocenters. The predicted octanol–water partition coefficient (Wildman–Crippen LogP) is 4.16. The van der Waals surface area contributed by atoms with Crippen LogP contribution in [0.1, 0.15) is 11.3 Å². The van der Waals surface area contributed by atoms with Crippen molar-refractivity contribution in [2.45, 2.75) is 11.7 Å². The SMILES string of the molecule is O=C1NC(=O)C(Cc2ccc(O)c(/N=C/c3csc(-c4ccccc4)n3)c2)S1. The van der Waals surface area contributed by atoms with Crippen LogP contribution >= 0.6 is 23.1 Å². The number of hydrogen-bond donors (Lipinski definition) is 2. The zero-order valence-electron chi connectivity index (χ0n) is 14.5. The maximum atomic E-state index is 11.7. The summed E-state index contributed by atoms with van der Waals surface area (Å²) in [6.07, 6.45) is 1.99. The van der Waals surface area contributed by atoms with Crippen LogP contribution in [0.3, 0.4) is 0 Å². The van der Waals surface area contributed by atoms with Gasteiger partial charge in [-0.05, 0) is 24.1 Å². The molecule has 0 radical (unpaired) electrons. The van der Waals surface area contributed by atoms with Crippen molar-refractivity contribution in [3.8, 4) is 16.3 Å². The summed E-state index contributed by atoms with van der Waals surface area (Å²) in [7, 11) is 0. The molecule has 2 heterocycles. The van der Waals surface area contributed by atoms with Gasteiger partial charge in [0.2, 0.25) is 5.91 Å². The number of aromatic nitrogens is 1. The highest BCUT2D eigenvalue weighted by atomic mass is 32.2. The molecule has 1 unspecified atom stereocenters. The zero-order chi connectivity index (χ0) is 19.5. The van der Waals surface area contributed by atoms with Crippen LogP contribution in [0.15, 0.2) is 58.9 Å². The van der Waals surface area contributed by atoms with E-state index in [1.54, 1.807) is 18.3 Å². The number of imide groups is 1. The molecule has 0 saturated carbocycles. The first kappa shape index (κ1) is 18.4. The highest BCUT2D eigenvalue weighted by molar-refractivity contribution is 8.15. The molecule has 2 N–H and O–H groups in total. The lowest BCUT2D eigenvalue weighted by molar-refractivity contribution is -0.118. The fourth-order valence-corrected chi connectivity index (χ4v) is 4.37. The van der Waals surface area contributed by atoms with Gasteiger partial charge in [-0.1, -0.05) is 48.2 Å². The molecule has 1 fully saturated rings. The lowest BCUT2D eigenvalue weighted by atomic mass is 10.1. The van der Waals surface area contributed by atoms with Crippen LogP contribution < -0.4 is 5.32 Å². The second-order valence-corrected chi connectivity index (χ2v) is 8.15. The van der Waals surface area contributed by atoms with E-state index in [1.165, 1.54) is 17.4 Å². The summed E-state index contributed by atoms with van der Waals surface area (Å²) in [6.45, 7) is 0. The minimum absolute atomic E-state index is 0.0399. The van der Waals surface area contributed by atoms with Crippen LogP contribution in [0.5, 0.6) is 5.75 Å². The lowest BCUT2D eigenvalue weighted by Crippen LogP contribution is -2.25. The second-order valence-electron chi connectivity index (χ2n) is 6.11. The zero-order valence-corrected chi connectivity index (χ0v) is 16.2. The van der Waals surface area contributed by atoms with Gasteiger partial charge >= 0.3 is 0 Å². The predicted molar refractivity (Wildman–Crippen MR) is 112 cm³/mol. The van der Waals surface area contributed by atoms with E-state index in [0.717, 1.165) is 27.9 Å². The topological polar surface area (TPSA) is 91.7 Å². The Balaban J connectivity index is 1.51. The lowest BCUT2D eigenvalue weighted by Gasteiger charge is -2.07. The van der Waals surface area contributed by atoms with Crippen molar-refractivity contribution < 1.29 is 14.7 Å². The van der Waals surface area contributed by atoms with E-state index in [4.69, 9.17) is 0 Å². The summed E-state index contributed by atoms with van der Waals surface area (Å²) >= 11 is 2.50. The minimum atomic E-state index is -0.458. The molecule has 0 aliphatic carbocycles. The summed E-state index contributed by atoms with van der Waals surface area (Å²) in [4.78, 5) is 31.9. The minimum Gasteiger partial charge on any atom is -0.506 e. The molecule has 1 aliphatic heterocycles. The highest BCUT2D eigenvalue weighted by Gasteiger charge is 2.31. The molecule has 3 aromatic rings. The van der Waals surface area contributed by atoms with Crippen molar-refractivity contribution in [3.05, 3.63) is 65.2 Å². The van der Waals surface area contributed by atoms with Gasteiger partial charge in [0, 0.05) is 10.9 Å². The summed E-state index contributed by atoms with van der Waals surface area (Å²) in [6, 6.07) is 14.9. The van der Waals surface area contributed by atoms with E-state index in [0.29, 0.717) is 17.8 Å². The van der Waals surface area contributed by atoms with Crippen molar-refractivity contribution in [3.63, 3.8) is 0 Å². The normalized spacial score (nSPS) is 16.6. The summed E-state index contributed by atoms with van der Waals surface area (Å²) in [5.41, 5.74) is 2.95. The number of carbonyl (C=O) groups is 2. The van der Waals surface area contributed by atoms with Crippen molar-refractivity contribution in [1.29, 1.82) is 0 Å². The van der Waals surface area contributed by atoms with Gasteiger partial charge in [0.1, 0.15) is 16.4 Å². The van der Waals surface area contributed by atoms with Crippen LogP contribution in [0.2, 0.25) is 0 Å². The number of nitrogens with zero attached hydrogens (tertiary/aromatic N) is 2. The first-order valence-corrected chi connectivity index (χ1v) is 10.2. The summed E-state index contributed by atoms with van der Waals surface area (Å²) in [5, 5.41) is 14.4. The van der Waals surface area contributed by atoms with Gasteiger partial charge in [-0.15, -0.1) is 11.3 Å². The Morgan fingerprint density at radius 1 is 1.18 bits per heavy atom. The van der Waals surface area contributed by atoms with E-state index in [-0.39, 0.29) is 16.9 Å². The highest BCUT2D eigenvalue weighted by Crippen LogP contribution is 2.30. The Labute approximate surface area is 169 Å². The van der Waals surface area contributed by atoms with Crippen LogP contribution in [0.25, 0.3) is 10.6 Å². The Morgan fingerprint density at radius 2 is 2.00 bits per heavy atom. The number of aliphatic imine (C=N–C) groups is 1. The maximum absolute atomic E-state index is 11.7. The molecule has 2 aromatic carbocycles. The third kappa shape index (κ3) is 4.13. The van der Waals surface area contributed by atoms with Crippen molar-refractivity contribution in [2.75, 3.05) is 0 Å². The first-order chi connectivity index (χ1) is 13.6. The van der Waals surface area contributed by atoms with Gasteiger partial charge in [0.05, 0.1) is 17.2 Å². The number of phenols is 1. The van der Waals surface area contributed by atoms with Gasteiger partial charge in [0.25, 0.3) is 5.24 Å². The molecule has 1 aliphatic rings. The van der Waals surface area contributed by atoms with E-state index in [9.17, 15) is 14.7 Å². The summed E-state index contributed by atoms with van der Waals surface area (Å²) < 4.78 is 0. The van der Waals surface area contributed by atoms with Gasteiger partial charge in [-0.3, -0.25) is 19.9 Å². The molecule has 4 rings (SSSR count). The maximum Gasteiger partial charge on any atom is 0.286 e. The summed E-state index contributed by atoms with van der Waals surface area (Å²) in [5.74, 6) is -0.248. The number of benzene rings is 2. The van der Waals surface area contributed by atoms with Crippen molar-refractivity contribution >= 4 is 46.1 Å². The molecule has 0 spiro atoms. The molecular weight excluding hydrogens is 394 g/mol. The molecule has 140 valence electrons. The third-order valence-electron chi connectivity index (χ3n) is 4.11. The number of nitrogens with one attached hydrogen (secondary N) is 1. The molecule has 0 bridgehead atoms. The quantitative estimate of drug-likeness (QED) is 0.618. The third-order valence-corrected chi connectivity index (χ3v) is 6.00. The standard InChI is InChI=1S/C20H15N3O3S2/c24-16-7-6-12(9-17-18(25)23-20(26)28-17)8-15(16)21-10-14-11-27-19(22-14)13-4-2-1-3-5-13/h1-8,10-11,17,24H,9H2,(H,23,25,26)/b21-10+. The van der Waals surface area contributed by atoms with E-state index in [1.807, 2.05) is 35.7 Å². The molecule has 6 nitrogen and oxygen atoms in total. The number of aromatic hydroxyl groups is 1. The molecule has 2 amide bonds. The monoisotopic (exact) mass is 409 g/mol. The van der Waals surface area contributed by atoms with E-state index in [2.05, 4.69) is 15.3 Å². The second kappa shape index (κ2) is 7.95. The number of thiazole rings is 1. The first-order valence-electron chi connectivity index (χ1n) is 8.47. The largest absolute Gasteiger partial charge is 0.506 e. The number of phenolic OH excluding ortho intramolecular Hbond substituents is 1. The number of rotatable bonds is 5. The molecular formula is C20H15N3O3S2. The van der Waals surface area contributed by atoms with Crippen LogP contribution in [-0.2, 0) is 11.2 Å². The number of carbonyl (C=O) groups excluding carboxylic acids is 2. The Kier molecular flexibility index (Phi) is 5.23. The van der Waals surface area contributed by atoms with Crippen LogP contribution in [0, 0.1) is 0 Å². The smallest absolute Gasteiger partial charge is 0.286 e. The van der Waals surface area contributed by atoms with Gasteiger partial charge < -0.3 is 5.11 Å². The van der Waals surface area contributed by atoms with Gasteiger partial charge in [-0.2, -0.15) is 0 Å². The van der Waals surface area contributed by atoms with Gasteiger partial charge in [0.15, 0.2) is 0 Å². The number of thioether (sulfide) groups is 1. The molecule has 1 aromatic heterocycles. The average molecular weight is 409 g/mol. The van der Waals surface area contributed by atoms with Crippen LogP contribution in [0.4, 0.5) is 10.5 Å². The van der Waals surface area contributed by atoms with Crippen molar-refractivity contribution in [1.82, 2.24) is 10.3 Å². The van der Waals surface area contributed by atoms with Gasteiger partial charge in [-0.25, -0.2) is 4.98 Å². The fraction of sp³-hybridized carbons (Fsp3) is 0.100. The van der Waals surface area contributed by atoms with E-state index >= 15 is 0 Å². The van der Waals surface area contributed by atoms with E-state index < -0.39 is 5.25 Å². The Hall–Kier alpha value is -2.97. The number of amides is 2. The van der Waals surface area contributed by atoms with Crippen LogP contribution in [-0.4, -0.2) is 32.7 Å².